The number of aromatic nitrogens is 2. The van der Waals surface area contributed by atoms with E-state index in [2.05, 4.69) is 15.3 Å². The molecule has 1 aliphatic heterocycles. The van der Waals surface area contributed by atoms with Crippen molar-refractivity contribution in [2.24, 2.45) is 0 Å². The van der Waals surface area contributed by atoms with Crippen molar-refractivity contribution in [1.29, 1.82) is 0 Å². The molecule has 104 valence electrons. The zero-order chi connectivity index (χ0) is 13.9. The number of hydrogen-bond acceptors (Lipinski definition) is 6. The van der Waals surface area contributed by atoms with Crippen LogP contribution in [0.4, 0.5) is 17.5 Å². The van der Waals surface area contributed by atoms with Crippen molar-refractivity contribution in [2.75, 3.05) is 24.3 Å². The number of nitrogens with zero attached hydrogens (tertiary/aromatic N) is 2. The molecule has 0 spiro atoms. The van der Waals surface area contributed by atoms with E-state index < -0.39 is 0 Å². The third-order valence-corrected chi connectivity index (χ3v) is 2.89. The first kappa shape index (κ1) is 12.5. The predicted octanol–water partition coefficient (Wildman–Crippen LogP) is 2.27. The van der Waals surface area contributed by atoms with Gasteiger partial charge in [-0.3, -0.25) is 0 Å². The van der Waals surface area contributed by atoms with Gasteiger partial charge in [-0.05, 0) is 19.1 Å². The molecule has 20 heavy (non-hydrogen) atoms. The minimum absolute atomic E-state index is 0.252. The minimum atomic E-state index is 0.252. The summed E-state index contributed by atoms with van der Waals surface area (Å²) in [5, 5.41) is 3.19. The van der Waals surface area contributed by atoms with Gasteiger partial charge in [0.1, 0.15) is 5.82 Å². The highest BCUT2D eigenvalue weighted by Gasteiger charge is 2.11. The van der Waals surface area contributed by atoms with Gasteiger partial charge in [0, 0.05) is 29.9 Å². The maximum Gasteiger partial charge on any atom is 0.222 e. The fourth-order valence-electron chi connectivity index (χ4n) is 2.04. The van der Waals surface area contributed by atoms with E-state index in [1.807, 2.05) is 31.2 Å². The second kappa shape index (κ2) is 5.24. The van der Waals surface area contributed by atoms with Gasteiger partial charge in [-0.25, -0.2) is 4.98 Å². The lowest BCUT2D eigenvalue weighted by molar-refractivity contribution is 0.297. The van der Waals surface area contributed by atoms with Crippen LogP contribution in [0.3, 0.4) is 0 Å². The van der Waals surface area contributed by atoms with Crippen LogP contribution in [0, 0.1) is 6.92 Å². The van der Waals surface area contributed by atoms with Crippen LogP contribution in [0.15, 0.2) is 24.3 Å². The number of nitrogens with one attached hydrogen (secondary N) is 1. The maximum atomic E-state index is 5.65. The normalized spacial score (nSPS) is 13.7. The molecule has 2 heterocycles. The molecule has 0 unspecified atom stereocenters. The van der Waals surface area contributed by atoms with Crippen LogP contribution in [0.25, 0.3) is 0 Å². The van der Waals surface area contributed by atoms with Gasteiger partial charge in [0.2, 0.25) is 5.95 Å². The van der Waals surface area contributed by atoms with Gasteiger partial charge in [0.25, 0.3) is 0 Å². The van der Waals surface area contributed by atoms with Crippen LogP contribution in [0.1, 0.15) is 12.1 Å². The molecule has 0 aliphatic carbocycles. The number of ether oxygens (including phenoxy) is 2. The van der Waals surface area contributed by atoms with E-state index in [1.165, 1.54) is 0 Å². The van der Waals surface area contributed by atoms with E-state index in [-0.39, 0.29) is 5.95 Å². The number of nitrogen functional groups attached to an aromatic ring is 1. The fourth-order valence-corrected chi connectivity index (χ4v) is 2.04. The first-order valence-corrected chi connectivity index (χ1v) is 6.48. The zero-order valence-corrected chi connectivity index (χ0v) is 11.2. The average molecular weight is 272 g/mol. The smallest absolute Gasteiger partial charge is 0.222 e. The molecule has 1 aromatic heterocycles. The van der Waals surface area contributed by atoms with Gasteiger partial charge in [0.15, 0.2) is 11.5 Å². The van der Waals surface area contributed by atoms with Gasteiger partial charge in [-0.15, -0.1) is 0 Å². The van der Waals surface area contributed by atoms with Crippen molar-refractivity contribution in [2.45, 2.75) is 13.3 Å². The topological polar surface area (TPSA) is 82.3 Å². The highest BCUT2D eigenvalue weighted by molar-refractivity contribution is 5.62. The molecule has 0 fully saturated rings. The lowest BCUT2D eigenvalue weighted by atomic mass is 10.2. The van der Waals surface area contributed by atoms with E-state index in [4.69, 9.17) is 15.2 Å². The summed E-state index contributed by atoms with van der Waals surface area (Å²) in [4.78, 5) is 8.18. The number of rotatable bonds is 2. The molecule has 6 nitrogen and oxygen atoms in total. The van der Waals surface area contributed by atoms with Crippen molar-refractivity contribution >= 4 is 17.5 Å². The minimum Gasteiger partial charge on any atom is -0.490 e. The molecule has 0 bridgehead atoms. The molecule has 1 aromatic carbocycles. The Hall–Kier alpha value is -2.50. The number of anilines is 3. The van der Waals surface area contributed by atoms with Crippen LogP contribution >= 0.6 is 0 Å². The van der Waals surface area contributed by atoms with Crippen molar-refractivity contribution in [3.8, 4) is 11.5 Å². The Labute approximate surface area is 116 Å². The predicted molar refractivity (Wildman–Crippen MR) is 76.5 cm³/mol. The Kier molecular flexibility index (Phi) is 3.28. The first-order chi connectivity index (χ1) is 9.70. The number of aryl methyl sites for hydroxylation is 1. The van der Waals surface area contributed by atoms with E-state index in [9.17, 15) is 0 Å². The molecule has 6 heteroatoms. The molecule has 2 aromatic rings. The van der Waals surface area contributed by atoms with Crippen molar-refractivity contribution in [1.82, 2.24) is 9.97 Å². The summed E-state index contributed by atoms with van der Waals surface area (Å²) < 4.78 is 11.2. The Balaban J connectivity index is 1.85. The second-order valence-corrected chi connectivity index (χ2v) is 4.59. The van der Waals surface area contributed by atoms with Crippen molar-refractivity contribution in [3.63, 3.8) is 0 Å². The number of fused-ring (bicyclic) bond motifs is 1. The van der Waals surface area contributed by atoms with Crippen LogP contribution < -0.4 is 20.5 Å². The molecule has 0 amide bonds. The molecule has 1 aliphatic rings. The lowest BCUT2D eigenvalue weighted by Crippen LogP contribution is -2.01. The summed E-state index contributed by atoms with van der Waals surface area (Å²) in [6.07, 6.45) is 0.888. The van der Waals surface area contributed by atoms with E-state index in [1.54, 1.807) is 0 Å². The summed E-state index contributed by atoms with van der Waals surface area (Å²) in [7, 11) is 0. The standard InChI is InChI=1S/C14H16N4O2/c1-9-7-13(18-14(15)16-9)17-10-3-4-11-12(8-10)20-6-2-5-19-11/h3-4,7-8H,2,5-6H2,1H3,(H3,15,16,17,18). The van der Waals surface area contributed by atoms with Gasteiger partial charge in [-0.1, -0.05) is 0 Å². The molecule has 3 N–H and O–H groups in total. The zero-order valence-electron chi connectivity index (χ0n) is 11.2. The summed E-state index contributed by atoms with van der Waals surface area (Å²) >= 11 is 0. The molecule has 0 radical (unpaired) electrons. The Morgan fingerprint density at radius 1 is 1.10 bits per heavy atom. The highest BCUT2D eigenvalue weighted by Crippen LogP contribution is 2.33. The van der Waals surface area contributed by atoms with Crippen LogP contribution in [0.5, 0.6) is 11.5 Å². The number of hydrogen-bond donors (Lipinski definition) is 2. The highest BCUT2D eigenvalue weighted by atomic mass is 16.5. The first-order valence-electron chi connectivity index (χ1n) is 6.48. The van der Waals surface area contributed by atoms with Crippen LogP contribution in [-0.2, 0) is 0 Å². The van der Waals surface area contributed by atoms with Gasteiger partial charge in [-0.2, -0.15) is 4.98 Å². The van der Waals surface area contributed by atoms with Crippen LogP contribution in [-0.4, -0.2) is 23.2 Å². The fraction of sp³-hybridized carbons (Fsp3) is 0.286. The molecule has 0 saturated heterocycles. The largest absolute Gasteiger partial charge is 0.490 e. The molecular weight excluding hydrogens is 256 g/mol. The number of benzene rings is 1. The number of nitrogens with two attached hydrogens (primary N) is 1. The average Bonchev–Trinajstić information content (AvgIpc) is 2.62. The second-order valence-electron chi connectivity index (χ2n) is 4.59. The Bertz CT molecular complexity index is 610. The molecule has 0 saturated carbocycles. The summed E-state index contributed by atoms with van der Waals surface area (Å²) in [6.45, 7) is 3.22. The third kappa shape index (κ3) is 2.74. The van der Waals surface area contributed by atoms with Gasteiger partial charge < -0.3 is 20.5 Å². The summed E-state index contributed by atoms with van der Waals surface area (Å²) in [5.41, 5.74) is 7.32. The lowest BCUT2D eigenvalue weighted by Gasteiger charge is -2.11. The van der Waals surface area contributed by atoms with E-state index in [0.717, 1.165) is 29.3 Å². The summed E-state index contributed by atoms with van der Waals surface area (Å²) in [5.74, 6) is 2.42. The third-order valence-electron chi connectivity index (χ3n) is 2.89. The van der Waals surface area contributed by atoms with Crippen LogP contribution in [0.2, 0.25) is 0 Å². The Morgan fingerprint density at radius 3 is 2.70 bits per heavy atom. The summed E-state index contributed by atoms with van der Waals surface area (Å²) in [6, 6.07) is 7.54. The van der Waals surface area contributed by atoms with Crippen molar-refractivity contribution < 1.29 is 9.47 Å². The van der Waals surface area contributed by atoms with Crippen molar-refractivity contribution in [3.05, 3.63) is 30.0 Å². The van der Waals surface area contributed by atoms with E-state index in [0.29, 0.717) is 19.0 Å². The Morgan fingerprint density at radius 2 is 1.90 bits per heavy atom. The molecule has 0 atom stereocenters. The van der Waals surface area contributed by atoms with E-state index >= 15 is 0 Å². The molecule has 3 rings (SSSR count). The quantitative estimate of drug-likeness (QED) is 0.872. The van der Waals surface area contributed by atoms with Gasteiger partial charge in [0.05, 0.1) is 13.2 Å². The molecular formula is C14H16N4O2. The van der Waals surface area contributed by atoms with Gasteiger partial charge >= 0.3 is 0 Å². The maximum absolute atomic E-state index is 5.65. The SMILES string of the molecule is Cc1cc(Nc2ccc3c(c2)OCCCO3)nc(N)n1. The monoisotopic (exact) mass is 272 g/mol.